The van der Waals surface area contributed by atoms with Crippen molar-refractivity contribution < 1.29 is 22.3 Å². The molecule has 2 aromatic carbocycles. The lowest BCUT2D eigenvalue weighted by Crippen LogP contribution is -2.29. The topological polar surface area (TPSA) is 60.4 Å². The summed E-state index contributed by atoms with van der Waals surface area (Å²) in [5.74, 6) is -1.26. The lowest BCUT2D eigenvalue weighted by atomic mass is 9.96. The Kier molecular flexibility index (Phi) is 3.56. The molecule has 3 rings (SSSR count). The van der Waals surface area contributed by atoms with Gasteiger partial charge in [0.25, 0.3) is 0 Å². The van der Waals surface area contributed by atoms with Crippen molar-refractivity contribution in [1.29, 1.82) is 0 Å². The summed E-state index contributed by atoms with van der Waals surface area (Å²) in [4.78, 5) is 11.5. The van der Waals surface area contributed by atoms with Gasteiger partial charge in [-0.15, -0.1) is 0 Å². The average Bonchev–Trinajstić information content (AvgIpc) is 2.85. The highest BCUT2D eigenvalue weighted by Gasteiger charge is 2.47. The van der Waals surface area contributed by atoms with Gasteiger partial charge in [-0.3, -0.25) is 0 Å². The van der Waals surface area contributed by atoms with Gasteiger partial charge in [0, 0.05) is 11.6 Å². The zero-order chi connectivity index (χ0) is 16.7. The number of hydrogen-bond donors (Lipinski definition) is 0. The molecule has 1 unspecified atom stereocenters. The standard InChI is InChI=1S/C17H13FO4S/c1-17(12-5-3-2-4-6-12)15(11-16(19)22-17)23(20,21)14-9-7-13(18)8-10-14/h2-11H,1H3. The van der Waals surface area contributed by atoms with E-state index in [1.54, 1.807) is 30.3 Å². The fourth-order valence-electron chi connectivity index (χ4n) is 2.56. The van der Waals surface area contributed by atoms with Gasteiger partial charge in [-0.1, -0.05) is 30.3 Å². The van der Waals surface area contributed by atoms with E-state index in [-0.39, 0.29) is 9.80 Å². The van der Waals surface area contributed by atoms with E-state index in [0.717, 1.165) is 18.2 Å². The zero-order valence-electron chi connectivity index (χ0n) is 12.2. The first-order valence-electron chi connectivity index (χ1n) is 6.85. The molecule has 0 aliphatic carbocycles. The van der Waals surface area contributed by atoms with E-state index in [1.165, 1.54) is 19.1 Å². The molecule has 23 heavy (non-hydrogen) atoms. The van der Waals surface area contributed by atoms with Crippen LogP contribution in [0.4, 0.5) is 4.39 Å². The first-order chi connectivity index (χ1) is 10.8. The summed E-state index contributed by atoms with van der Waals surface area (Å²) < 4.78 is 44.1. The summed E-state index contributed by atoms with van der Waals surface area (Å²) in [6, 6.07) is 13.1. The predicted molar refractivity (Wildman–Crippen MR) is 81.6 cm³/mol. The number of sulfone groups is 1. The van der Waals surface area contributed by atoms with Crippen molar-refractivity contribution in [1.82, 2.24) is 0 Å². The van der Waals surface area contributed by atoms with Gasteiger partial charge in [0.15, 0.2) is 5.60 Å². The molecule has 1 heterocycles. The maximum Gasteiger partial charge on any atom is 0.333 e. The number of hydrogen-bond acceptors (Lipinski definition) is 4. The number of carbonyl (C=O) groups is 1. The SMILES string of the molecule is CC1(c2ccccc2)OC(=O)C=C1S(=O)(=O)c1ccc(F)cc1. The van der Waals surface area contributed by atoms with Crippen LogP contribution < -0.4 is 0 Å². The minimum absolute atomic E-state index is 0.0920. The van der Waals surface area contributed by atoms with Gasteiger partial charge in [0.1, 0.15) is 10.7 Å². The van der Waals surface area contributed by atoms with Gasteiger partial charge in [-0.05, 0) is 31.2 Å². The van der Waals surface area contributed by atoms with Crippen LogP contribution in [0.2, 0.25) is 0 Å². The number of benzene rings is 2. The number of ether oxygens (including phenoxy) is 1. The molecule has 0 radical (unpaired) electrons. The van der Waals surface area contributed by atoms with Crippen molar-refractivity contribution in [2.75, 3.05) is 0 Å². The second kappa shape index (κ2) is 5.31. The van der Waals surface area contributed by atoms with Crippen LogP contribution in [0.25, 0.3) is 0 Å². The lowest BCUT2D eigenvalue weighted by Gasteiger charge is -2.27. The van der Waals surface area contributed by atoms with Gasteiger partial charge in [-0.2, -0.15) is 0 Å². The molecule has 1 aliphatic rings. The minimum Gasteiger partial charge on any atom is -0.446 e. The summed E-state index contributed by atoms with van der Waals surface area (Å²) in [6.45, 7) is 1.53. The van der Waals surface area contributed by atoms with Crippen LogP contribution in [-0.4, -0.2) is 14.4 Å². The molecule has 4 nitrogen and oxygen atoms in total. The van der Waals surface area contributed by atoms with Crippen molar-refractivity contribution in [3.63, 3.8) is 0 Å². The largest absolute Gasteiger partial charge is 0.446 e. The van der Waals surface area contributed by atoms with E-state index < -0.39 is 27.2 Å². The van der Waals surface area contributed by atoms with Gasteiger partial charge in [0.2, 0.25) is 9.84 Å². The fourth-order valence-corrected chi connectivity index (χ4v) is 4.23. The molecule has 0 bridgehead atoms. The van der Waals surface area contributed by atoms with E-state index >= 15 is 0 Å². The van der Waals surface area contributed by atoms with Crippen molar-refractivity contribution in [2.45, 2.75) is 17.4 Å². The number of cyclic esters (lactones) is 1. The Balaban J connectivity index is 2.15. The molecule has 0 saturated heterocycles. The lowest BCUT2D eigenvalue weighted by molar-refractivity contribution is -0.145. The molecule has 0 fully saturated rings. The highest BCUT2D eigenvalue weighted by molar-refractivity contribution is 7.95. The summed E-state index contributed by atoms with van der Waals surface area (Å²) >= 11 is 0. The second-order valence-electron chi connectivity index (χ2n) is 5.29. The summed E-state index contributed by atoms with van der Waals surface area (Å²) in [7, 11) is -4.00. The van der Waals surface area contributed by atoms with Gasteiger partial charge in [0.05, 0.1) is 4.90 Å². The van der Waals surface area contributed by atoms with Crippen LogP contribution in [-0.2, 0) is 25.0 Å². The second-order valence-corrected chi connectivity index (χ2v) is 7.20. The summed E-state index contributed by atoms with van der Waals surface area (Å²) in [5.41, 5.74) is -0.867. The molecule has 1 aliphatic heterocycles. The molecule has 0 amide bonds. The molecule has 2 aromatic rings. The smallest absolute Gasteiger partial charge is 0.333 e. The van der Waals surface area contributed by atoms with Gasteiger partial charge in [-0.25, -0.2) is 17.6 Å². The third-order valence-electron chi connectivity index (χ3n) is 3.76. The Labute approximate surface area is 133 Å². The average molecular weight is 332 g/mol. The molecule has 6 heteroatoms. The van der Waals surface area contributed by atoms with Crippen LogP contribution in [0, 0.1) is 5.82 Å². The van der Waals surface area contributed by atoms with Crippen molar-refractivity contribution in [2.24, 2.45) is 0 Å². The highest BCUT2D eigenvalue weighted by atomic mass is 32.2. The maximum atomic E-state index is 13.0. The highest BCUT2D eigenvalue weighted by Crippen LogP contribution is 2.42. The van der Waals surface area contributed by atoms with Crippen molar-refractivity contribution in [3.05, 3.63) is 77.0 Å². The fraction of sp³-hybridized carbons (Fsp3) is 0.118. The van der Waals surface area contributed by atoms with Crippen molar-refractivity contribution in [3.8, 4) is 0 Å². The van der Waals surface area contributed by atoms with Crippen LogP contribution in [0.3, 0.4) is 0 Å². The Bertz CT molecular complexity index is 886. The van der Waals surface area contributed by atoms with Crippen molar-refractivity contribution >= 4 is 15.8 Å². The maximum absolute atomic E-state index is 13.0. The third-order valence-corrected chi connectivity index (χ3v) is 5.74. The zero-order valence-corrected chi connectivity index (χ0v) is 13.0. The van der Waals surface area contributed by atoms with Crippen LogP contribution >= 0.6 is 0 Å². The van der Waals surface area contributed by atoms with Gasteiger partial charge < -0.3 is 4.74 Å². The molecule has 118 valence electrons. The van der Waals surface area contributed by atoms with E-state index in [9.17, 15) is 17.6 Å². The van der Waals surface area contributed by atoms with E-state index in [0.29, 0.717) is 5.56 Å². The first-order valence-corrected chi connectivity index (χ1v) is 8.34. The number of esters is 1. The van der Waals surface area contributed by atoms with Gasteiger partial charge >= 0.3 is 5.97 Å². The minimum atomic E-state index is -4.00. The molecule has 1 atom stereocenters. The summed E-state index contributed by atoms with van der Waals surface area (Å²) in [6.07, 6.45) is 0.978. The third kappa shape index (κ3) is 2.55. The molecular formula is C17H13FO4S. The monoisotopic (exact) mass is 332 g/mol. The molecular weight excluding hydrogens is 319 g/mol. The Morgan fingerprint density at radius 2 is 1.61 bits per heavy atom. The van der Waals surface area contributed by atoms with E-state index in [4.69, 9.17) is 4.74 Å². The molecule has 0 N–H and O–H groups in total. The quantitative estimate of drug-likeness (QED) is 0.640. The molecule has 0 spiro atoms. The number of carbonyl (C=O) groups excluding carboxylic acids is 1. The Morgan fingerprint density at radius 3 is 2.22 bits per heavy atom. The van der Waals surface area contributed by atoms with Crippen LogP contribution in [0.15, 0.2) is 70.5 Å². The Morgan fingerprint density at radius 1 is 1.00 bits per heavy atom. The van der Waals surface area contributed by atoms with Crippen LogP contribution in [0.1, 0.15) is 12.5 Å². The number of rotatable bonds is 3. The Hall–Kier alpha value is -2.47. The number of halogens is 1. The molecule has 0 saturated carbocycles. The first kappa shape index (κ1) is 15.4. The normalized spacial score (nSPS) is 21.0. The van der Waals surface area contributed by atoms with E-state index in [1.807, 2.05) is 0 Å². The van der Waals surface area contributed by atoms with E-state index in [2.05, 4.69) is 0 Å². The van der Waals surface area contributed by atoms with Crippen LogP contribution in [0.5, 0.6) is 0 Å². The molecule has 0 aromatic heterocycles. The predicted octanol–water partition coefficient (Wildman–Crippen LogP) is 2.96. The summed E-state index contributed by atoms with van der Waals surface area (Å²) in [5, 5.41) is 0.